The number of carbonyl (C=O) groups excluding carboxylic acids is 2. The van der Waals surface area contributed by atoms with Crippen LogP contribution in [0.4, 0.5) is 5.69 Å². The quantitative estimate of drug-likeness (QED) is 0.300. The maximum Gasteiger partial charge on any atom is 0.305 e. The van der Waals surface area contributed by atoms with Crippen LogP contribution in [0.3, 0.4) is 0 Å². The minimum atomic E-state index is -0.266. The summed E-state index contributed by atoms with van der Waals surface area (Å²) in [5.41, 5.74) is 6.51. The van der Waals surface area contributed by atoms with Crippen LogP contribution in [-0.4, -0.2) is 69.4 Å². The summed E-state index contributed by atoms with van der Waals surface area (Å²) in [5.74, 6) is -0.00985. The van der Waals surface area contributed by atoms with Crippen LogP contribution in [0, 0.1) is 0 Å². The third kappa shape index (κ3) is 7.55. The van der Waals surface area contributed by atoms with Crippen molar-refractivity contribution >= 4 is 29.2 Å². The Labute approximate surface area is 189 Å². The molecule has 0 aromatic heterocycles. The molecule has 8 nitrogen and oxygen atoms in total. The summed E-state index contributed by atoms with van der Waals surface area (Å²) in [6, 6.07) is 2.96. The second kappa shape index (κ2) is 12.7. The molecule has 3 N–H and O–H groups in total. The van der Waals surface area contributed by atoms with E-state index >= 15 is 0 Å². The number of anilines is 1. The molecule has 1 aliphatic rings. The van der Waals surface area contributed by atoms with Gasteiger partial charge in [-0.25, -0.2) is 0 Å². The lowest BCUT2D eigenvalue weighted by atomic mass is 10.00. The van der Waals surface area contributed by atoms with E-state index in [4.69, 9.17) is 31.5 Å². The number of nitrogens with zero attached hydrogens (tertiary/aromatic N) is 1. The van der Waals surface area contributed by atoms with Crippen molar-refractivity contribution in [2.45, 2.75) is 51.2 Å². The predicted molar refractivity (Wildman–Crippen MR) is 121 cm³/mol. The molecule has 9 heteroatoms. The summed E-state index contributed by atoms with van der Waals surface area (Å²) in [5, 5.41) is 3.37. The summed E-state index contributed by atoms with van der Waals surface area (Å²) >= 11 is 6.09. The lowest BCUT2D eigenvalue weighted by molar-refractivity contribution is -0.143. The fraction of sp³-hybridized carbons (Fsp3) is 0.636. The van der Waals surface area contributed by atoms with Crippen LogP contribution in [-0.2, 0) is 14.3 Å². The number of esters is 1. The van der Waals surface area contributed by atoms with E-state index in [1.54, 1.807) is 13.2 Å². The molecule has 2 rings (SSSR count). The van der Waals surface area contributed by atoms with Gasteiger partial charge < -0.3 is 30.2 Å². The number of hydrogen-bond donors (Lipinski definition) is 2. The summed E-state index contributed by atoms with van der Waals surface area (Å²) in [6.45, 7) is 4.78. The van der Waals surface area contributed by atoms with Crippen molar-refractivity contribution in [2.75, 3.05) is 46.2 Å². The number of nitrogens with one attached hydrogen (secondary N) is 1. The van der Waals surface area contributed by atoms with E-state index in [-0.39, 0.29) is 24.0 Å². The zero-order chi connectivity index (χ0) is 22.8. The van der Waals surface area contributed by atoms with Crippen molar-refractivity contribution in [2.24, 2.45) is 0 Å². The largest absolute Gasteiger partial charge is 0.496 e. The monoisotopic (exact) mass is 455 g/mol. The fourth-order valence-corrected chi connectivity index (χ4v) is 3.93. The molecule has 174 valence electrons. The van der Waals surface area contributed by atoms with Gasteiger partial charge in [0.1, 0.15) is 5.75 Å². The number of hydrogen-bond acceptors (Lipinski definition) is 7. The maximum absolute atomic E-state index is 12.8. The summed E-state index contributed by atoms with van der Waals surface area (Å²) < 4.78 is 15.9. The highest BCUT2D eigenvalue weighted by Gasteiger charge is 2.31. The Balaban J connectivity index is 1.83. The zero-order valence-electron chi connectivity index (χ0n) is 18.6. The van der Waals surface area contributed by atoms with Gasteiger partial charge in [-0.1, -0.05) is 18.0 Å². The van der Waals surface area contributed by atoms with Gasteiger partial charge >= 0.3 is 5.97 Å². The molecule has 2 atom stereocenters. The average molecular weight is 456 g/mol. The van der Waals surface area contributed by atoms with Crippen LogP contribution < -0.4 is 15.8 Å². The van der Waals surface area contributed by atoms with Crippen LogP contribution in [0.15, 0.2) is 12.1 Å². The molecule has 1 heterocycles. The van der Waals surface area contributed by atoms with Crippen molar-refractivity contribution in [3.8, 4) is 5.75 Å². The number of amides is 1. The second-order valence-electron chi connectivity index (χ2n) is 7.63. The number of rotatable bonds is 11. The Hall–Kier alpha value is -2.03. The number of halogens is 1. The minimum absolute atomic E-state index is 0.112. The van der Waals surface area contributed by atoms with Gasteiger partial charge in [0.15, 0.2) is 0 Å². The first-order chi connectivity index (χ1) is 14.9. The lowest BCUT2D eigenvalue weighted by Gasteiger charge is -2.38. The Morgan fingerprint density at radius 3 is 2.71 bits per heavy atom. The molecule has 0 spiro atoms. The van der Waals surface area contributed by atoms with Crippen LogP contribution in [0.2, 0.25) is 5.02 Å². The molecular weight excluding hydrogens is 422 g/mol. The molecule has 1 aromatic carbocycles. The standard InChI is InChI=1S/C22H34ClN3O5/c1-4-31-21(27)8-6-5-7-10-26-11-9-18(20(14-26)30-3)25-22(28)15-12-16(23)17(24)13-19(15)29-2/h12-13,18,20H,4-11,14,24H2,1-3H3,(H,25,28)/t18?,20-/m0/s1. The molecule has 1 unspecified atom stereocenters. The number of nitrogen functional groups attached to an aromatic ring is 1. The Bertz CT molecular complexity index is 746. The van der Waals surface area contributed by atoms with E-state index in [0.717, 1.165) is 45.3 Å². The SMILES string of the molecule is CCOC(=O)CCCCCN1CCC(NC(=O)c2cc(Cl)c(N)cc2OC)[C@@H](OC)C1. The number of methoxy groups -OCH3 is 2. The number of benzene rings is 1. The third-order valence-corrected chi connectivity index (χ3v) is 5.81. The first kappa shape index (κ1) is 25.2. The minimum Gasteiger partial charge on any atom is -0.496 e. The highest BCUT2D eigenvalue weighted by atomic mass is 35.5. The number of carbonyl (C=O) groups is 2. The van der Waals surface area contributed by atoms with Crippen LogP contribution >= 0.6 is 11.6 Å². The van der Waals surface area contributed by atoms with Crippen molar-refractivity contribution in [3.63, 3.8) is 0 Å². The number of likely N-dealkylation sites (tertiary alicyclic amines) is 1. The lowest BCUT2D eigenvalue weighted by Crippen LogP contribution is -2.54. The maximum atomic E-state index is 12.8. The number of piperidine rings is 1. The van der Waals surface area contributed by atoms with Gasteiger partial charge in [-0.2, -0.15) is 0 Å². The van der Waals surface area contributed by atoms with Crippen LogP contribution in [0.25, 0.3) is 0 Å². The smallest absolute Gasteiger partial charge is 0.305 e. The summed E-state index contributed by atoms with van der Waals surface area (Å²) in [6.07, 6.45) is 3.95. The van der Waals surface area contributed by atoms with E-state index in [2.05, 4.69) is 10.2 Å². The first-order valence-corrected chi connectivity index (χ1v) is 11.1. The van der Waals surface area contributed by atoms with E-state index in [9.17, 15) is 9.59 Å². The normalized spacial score (nSPS) is 19.1. The van der Waals surface area contributed by atoms with E-state index in [1.165, 1.54) is 13.2 Å². The van der Waals surface area contributed by atoms with Crippen molar-refractivity contribution < 1.29 is 23.8 Å². The van der Waals surface area contributed by atoms with Gasteiger partial charge in [0.2, 0.25) is 0 Å². The second-order valence-corrected chi connectivity index (χ2v) is 8.04. The number of ether oxygens (including phenoxy) is 3. The molecule has 1 amide bonds. The highest BCUT2D eigenvalue weighted by Crippen LogP contribution is 2.29. The molecule has 1 aliphatic heterocycles. The molecule has 0 bridgehead atoms. The number of unbranched alkanes of at least 4 members (excludes halogenated alkanes) is 2. The van der Waals surface area contributed by atoms with Gasteiger partial charge in [-0.15, -0.1) is 0 Å². The fourth-order valence-electron chi connectivity index (χ4n) is 3.76. The predicted octanol–water partition coefficient (Wildman–Crippen LogP) is 2.87. The zero-order valence-corrected chi connectivity index (χ0v) is 19.4. The molecular formula is C22H34ClN3O5. The van der Waals surface area contributed by atoms with E-state index in [1.807, 2.05) is 6.92 Å². The average Bonchev–Trinajstić information content (AvgIpc) is 2.75. The van der Waals surface area contributed by atoms with Crippen molar-refractivity contribution in [1.29, 1.82) is 0 Å². The van der Waals surface area contributed by atoms with Crippen molar-refractivity contribution in [1.82, 2.24) is 10.2 Å². The highest BCUT2D eigenvalue weighted by molar-refractivity contribution is 6.33. The van der Waals surface area contributed by atoms with Gasteiger partial charge in [0.25, 0.3) is 5.91 Å². The molecule has 1 aromatic rings. The van der Waals surface area contributed by atoms with E-state index < -0.39 is 0 Å². The molecule has 0 radical (unpaired) electrons. The van der Waals surface area contributed by atoms with Gasteiger partial charge in [0.05, 0.1) is 42.1 Å². The third-order valence-electron chi connectivity index (χ3n) is 5.49. The molecule has 31 heavy (non-hydrogen) atoms. The van der Waals surface area contributed by atoms with Gasteiger partial charge in [0, 0.05) is 32.7 Å². The number of nitrogens with two attached hydrogens (primary N) is 1. The first-order valence-electron chi connectivity index (χ1n) is 10.7. The van der Waals surface area contributed by atoms with Crippen LogP contribution in [0.5, 0.6) is 5.75 Å². The molecule has 1 fully saturated rings. The Morgan fingerprint density at radius 1 is 1.26 bits per heavy atom. The van der Waals surface area contributed by atoms with Crippen LogP contribution in [0.1, 0.15) is 49.4 Å². The van der Waals surface area contributed by atoms with E-state index in [0.29, 0.717) is 35.1 Å². The summed E-state index contributed by atoms with van der Waals surface area (Å²) in [4.78, 5) is 26.6. The molecule has 0 aliphatic carbocycles. The van der Waals surface area contributed by atoms with Gasteiger partial charge in [-0.3, -0.25) is 9.59 Å². The van der Waals surface area contributed by atoms with Gasteiger partial charge in [-0.05, 0) is 38.8 Å². The summed E-state index contributed by atoms with van der Waals surface area (Å²) in [7, 11) is 3.15. The molecule has 1 saturated heterocycles. The van der Waals surface area contributed by atoms with Crippen molar-refractivity contribution in [3.05, 3.63) is 22.7 Å². The Kier molecular flexibility index (Phi) is 10.4. The Morgan fingerprint density at radius 2 is 2.03 bits per heavy atom. The molecule has 0 saturated carbocycles. The topological polar surface area (TPSA) is 103 Å².